The van der Waals surface area contributed by atoms with E-state index in [2.05, 4.69) is 0 Å². The Labute approximate surface area is 256 Å². The van der Waals surface area contributed by atoms with Gasteiger partial charge in [0.25, 0.3) is 0 Å². The fraction of sp³-hybridized carbons (Fsp3) is 0.483. The molecule has 0 saturated carbocycles. The number of benzene rings is 2. The van der Waals surface area contributed by atoms with E-state index in [1.807, 2.05) is 0 Å². The van der Waals surface area contributed by atoms with Crippen molar-refractivity contribution >= 4 is 12.0 Å². The van der Waals surface area contributed by atoms with Crippen LogP contribution in [0.2, 0.25) is 0 Å². The highest BCUT2D eigenvalue weighted by Crippen LogP contribution is 2.31. The quantitative estimate of drug-likeness (QED) is 0.0720. The van der Waals surface area contributed by atoms with Crippen LogP contribution in [-0.4, -0.2) is 138 Å². The van der Waals surface area contributed by atoms with Crippen LogP contribution < -0.4 is 0 Å². The molecule has 0 aliphatic carbocycles. The second-order valence-corrected chi connectivity index (χ2v) is 10.5. The van der Waals surface area contributed by atoms with E-state index in [9.17, 15) is 55.9 Å². The number of hydrogen-bond acceptors (Lipinski definition) is 16. The second-order valence-electron chi connectivity index (χ2n) is 10.5. The molecule has 0 unspecified atom stereocenters. The zero-order valence-corrected chi connectivity index (χ0v) is 23.6. The Balaban J connectivity index is 1.45. The van der Waals surface area contributed by atoms with Gasteiger partial charge in [0.15, 0.2) is 35.6 Å². The third-order valence-electron chi connectivity index (χ3n) is 7.30. The number of rotatable bonds is 11. The summed E-state index contributed by atoms with van der Waals surface area (Å²) in [5.41, 5.74) is 0.923. The van der Waals surface area contributed by atoms with Gasteiger partial charge in [-0.3, -0.25) is 0 Å². The SMILES string of the molecule is O=C(/C=C/c1ccc(O)c(O)c1)OC[C@H]1O[C@@H](OCCc2ccc(O)c(O)c2)[C@H](O)[C@@H](O[C@@H]2O[C@H](CO)[C@H](O)[C@H](O)[C@@H]2O)[C@@H]1O. The Morgan fingerprint density at radius 3 is 2.09 bits per heavy atom. The van der Waals surface area contributed by atoms with Crippen LogP contribution >= 0.6 is 0 Å². The molecule has 0 bridgehead atoms. The van der Waals surface area contributed by atoms with E-state index in [1.54, 1.807) is 0 Å². The highest BCUT2D eigenvalue weighted by atomic mass is 16.7. The number of ether oxygens (including phenoxy) is 5. The lowest BCUT2D eigenvalue weighted by Crippen LogP contribution is -2.65. The van der Waals surface area contributed by atoms with Gasteiger partial charge < -0.3 is 74.7 Å². The standard InChI is InChI=1S/C29H36O16/c30-11-19-22(36)24(38)25(39)29(43-19)45-27-23(37)20(12-42-21(35)6-3-13-1-4-15(31)17(33)9-13)44-28(26(27)40)41-8-7-14-2-5-16(32)18(34)10-14/h1-6,9-10,19-20,22-34,36-40H,7-8,11-12H2/b6-3+/t19-,20-,22+,23-,24+,25+,26-,27+,28-,29+/m1/s1. The molecule has 0 spiro atoms. The van der Waals surface area contributed by atoms with Crippen molar-refractivity contribution in [3.05, 3.63) is 53.6 Å². The molecule has 10 N–H and O–H groups in total. The van der Waals surface area contributed by atoms with Gasteiger partial charge in [-0.05, 0) is 47.9 Å². The molecule has 16 nitrogen and oxygen atoms in total. The van der Waals surface area contributed by atoms with Crippen LogP contribution in [0.15, 0.2) is 42.5 Å². The van der Waals surface area contributed by atoms with E-state index in [0.29, 0.717) is 11.1 Å². The molecule has 4 rings (SSSR count). The molecule has 0 aromatic heterocycles. The van der Waals surface area contributed by atoms with Gasteiger partial charge in [-0.1, -0.05) is 12.1 Å². The van der Waals surface area contributed by atoms with Crippen molar-refractivity contribution in [3.63, 3.8) is 0 Å². The van der Waals surface area contributed by atoms with Crippen molar-refractivity contribution in [2.75, 3.05) is 19.8 Å². The number of aliphatic hydroxyl groups excluding tert-OH is 6. The molecule has 0 radical (unpaired) electrons. The highest BCUT2D eigenvalue weighted by Gasteiger charge is 2.51. The Bertz CT molecular complexity index is 1320. The van der Waals surface area contributed by atoms with E-state index in [4.69, 9.17) is 23.7 Å². The van der Waals surface area contributed by atoms with Crippen molar-refractivity contribution in [2.45, 2.75) is 67.8 Å². The summed E-state index contributed by atoms with van der Waals surface area (Å²) in [6, 6.07) is 7.97. The number of phenols is 4. The summed E-state index contributed by atoms with van der Waals surface area (Å²) in [5, 5.41) is 100. The highest BCUT2D eigenvalue weighted by molar-refractivity contribution is 5.87. The normalized spacial score (nSPS) is 32.0. The fourth-order valence-corrected chi connectivity index (χ4v) is 4.71. The predicted octanol–water partition coefficient (Wildman–Crippen LogP) is -2.04. The first-order valence-corrected chi connectivity index (χ1v) is 13.9. The molecular formula is C29H36O16. The average molecular weight is 641 g/mol. The van der Waals surface area contributed by atoms with Gasteiger partial charge in [0.05, 0.1) is 13.2 Å². The topological polar surface area (TPSA) is 266 Å². The van der Waals surface area contributed by atoms with E-state index in [1.165, 1.54) is 42.5 Å². The van der Waals surface area contributed by atoms with Gasteiger partial charge in [0.2, 0.25) is 0 Å². The minimum absolute atomic E-state index is 0.108. The number of aliphatic hydroxyl groups is 6. The van der Waals surface area contributed by atoms with Crippen molar-refractivity contribution in [1.29, 1.82) is 0 Å². The van der Waals surface area contributed by atoms with Gasteiger partial charge >= 0.3 is 5.97 Å². The number of phenolic OH excluding ortho intramolecular Hbond substituents is 4. The smallest absolute Gasteiger partial charge is 0.330 e. The number of hydrogen-bond donors (Lipinski definition) is 10. The Kier molecular flexibility index (Phi) is 11.6. The maximum absolute atomic E-state index is 12.4. The summed E-state index contributed by atoms with van der Waals surface area (Å²) in [6.07, 6.45) is -13.9. The first-order valence-electron chi connectivity index (χ1n) is 13.9. The summed E-state index contributed by atoms with van der Waals surface area (Å²) < 4.78 is 27.5. The van der Waals surface area contributed by atoms with Gasteiger partial charge in [0.1, 0.15) is 55.4 Å². The third-order valence-corrected chi connectivity index (χ3v) is 7.30. The maximum atomic E-state index is 12.4. The molecule has 10 atom stereocenters. The van der Waals surface area contributed by atoms with Gasteiger partial charge in [0, 0.05) is 6.08 Å². The van der Waals surface area contributed by atoms with Crippen LogP contribution in [0.25, 0.3) is 6.08 Å². The number of aromatic hydroxyl groups is 4. The molecule has 2 fully saturated rings. The largest absolute Gasteiger partial charge is 0.504 e. The molecule has 2 aromatic rings. The minimum Gasteiger partial charge on any atom is -0.504 e. The van der Waals surface area contributed by atoms with E-state index in [-0.39, 0.29) is 30.3 Å². The van der Waals surface area contributed by atoms with Crippen LogP contribution in [0, 0.1) is 0 Å². The van der Waals surface area contributed by atoms with Crippen molar-refractivity contribution in [2.24, 2.45) is 0 Å². The van der Waals surface area contributed by atoms with E-state index >= 15 is 0 Å². The number of carbonyl (C=O) groups is 1. The Morgan fingerprint density at radius 2 is 1.42 bits per heavy atom. The molecule has 0 amide bonds. The average Bonchev–Trinajstić information content (AvgIpc) is 3.01. The van der Waals surface area contributed by atoms with Gasteiger partial charge in [-0.15, -0.1) is 0 Å². The lowest BCUT2D eigenvalue weighted by molar-refractivity contribution is -0.360. The molecule has 2 heterocycles. The van der Waals surface area contributed by atoms with E-state index in [0.717, 1.165) is 6.08 Å². The van der Waals surface area contributed by atoms with Crippen molar-refractivity contribution < 1.29 is 79.5 Å². The fourth-order valence-electron chi connectivity index (χ4n) is 4.71. The third kappa shape index (κ3) is 8.39. The molecule has 2 aliphatic heterocycles. The molecule has 16 heteroatoms. The molecule has 45 heavy (non-hydrogen) atoms. The molecule has 2 aliphatic rings. The van der Waals surface area contributed by atoms with Gasteiger partial charge in [-0.2, -0.15) is 0 Å². The monoisotopic (exact) mass is 640 g/mol. The minimum atomic E-state index is -1.85. The molecule has 2 saturated heterocycles. The van der Waals surface area contributed by atoms with E-state index < -0.39 is 86.3 Å². The van der Waals surface area contributed by atoms with Crippen LogP contribution in [0.1, 0.15) is 11.1 Å². The summed E-state index contributed by atoms with van der Waals surface area (Å²) in [6.45, 7) is -1.44. The Hall–Kier alpha value is -3.55. The second kappa shape index (κ2) is 15.2. The van der Waals surface area contributed by atoms with Crippen LogP contribution in [-0.2, 0) is 34.9 Å². The van der Waals surface area contributed by atoms with Crippen LogP contribution in [0.5, 0.6) is 23.0 Å². The molecular weight excluding hydrogens is 604 g/mol. The molecule has 2 aromatic carbocycles. The number of esters is 1. The lowest BCUT2D eigenvalue weighted by atomic mass is 9.97. The summed E-state index contributed by atoms with van der Waals surface area (Å²) >= 11 is 0. The summed E-state index contributed by atoms with van der Waals surface area (Å²) in [7, 11) is 0. The molecule has 248 valence electrons. The first kappa shape index (κ1) is 34.3. The maximum Gasteiger partial charge on any atom is 0.330 e. The predicted molar refractivity (Wildman–Crippen MR) is 149 cm³/mol. The van der Waals surface area contributed by atoms with Crippen LogP contribution in [0.4, 0.5) is 0 Å². The zero-order valence-electron chi connectivity index (χ0n) is 23.6. The van der Waals surface area contributed by atoms with Crippen molar-refractivity contribution in [3.8, 4) is 23.0 Å². The van der Waals surface area contributed by atoms with Crippen molar-refractivity contribution in [1.82, 2.24) is 0 Å². The van der Waals surface area contributed by atoms with Crippen LogP contribution in [0.3, 0.4) is 0 Å². The lowest BCUT2D eigenvalue weighted by Gasteiger charge is -2.46. The summed E-state index contributed by atoms with van der Waals surface area (Å²) in [4.78, 5) is 12.4. The Morgan fingerprint density at radius 1 is 0.756 bits per heavy atom. The number of carbonyl (C=O) groups excluding carboxylic acids is 1. The first-order chi connectivity index (χ1) is 21.4. The van der Waals surface area contributed by atoms with Gasteiger partial charge in [-0.25, -0.2) is 4.79 Å². The summed E-state index contributed by atoms with van der Waals surface area (Å²) in [5.74, 6) is -2.31. The zero-order chi connectivity index (χ0) is 32.8.